The maximum absolute atomic E-state index is 12.7. The van der Waals surface area contributed by atoms with E-state index in [0.717, 1.165) is 21.9 Å². The first-order valence-corrected chi connectivity index (χ1v) is 9.79. The summed E-state index contributed by atoms with van der Waals surface area (Å²) in [5.41, 5.74) is 4.80. The van der Waals surface area contributed by atoms with Gasteiger partial charge in [-0.15, -0.1) is 0 Å². The summed E-state index contributed by atoms with van der Waals surface area (Å²) in [5.74, 6) is -0.340. The molecular weight excluding hydrogens is 372 g/mol. The summed E-state index contributed by atoms with van der Waals surface area (Å²) >= 11 is 0. The van der Waals surface area contributed by atoms with Gasteiger partial charge in [-0.2, -0.15) is 0 Å². The number of fused-ring (bicyclic) bond motifs is 1. The fraction of sp³-hybridized carbons (Fsp3) is 0.0769. The summed E-state index contributed by atoms with van der Waals surface area (Å²) in [7, 11) is 0. The Kier molecular flexibility index (Phi) is 5.31. The van der Waals surface area contributed by atoms with E-state index in [0.29, 0.717) is 22.5 Å². The van der Waals surface area contributed by atoms with Gasteiger partial charge in [0.25, 0.3) is 11.8 Å². The maximum atomic E-state index is 12.7. The van der Waals surface area contributed by atoms with Crippen LogP contribution in [0.2, 0.25) is 0 Å². The van der Waals surface area contributed by atoms with E-state index < -0.39 is 0 Å². The molecule has 30 heavy (non-hydrogen) atoms. The molecule has 2 N–H and O–H groups in total. The van der Waals surface area contributed by atoms with Gasteiger partial charge in [0.15, 0.2) is 0 Å². The highest BCUT2D eigenvalue weighted by Gasteiger charge is 2.12. The third kappa shape index (κ3) is 4.08. The van der Waals surface area contributed by atoms with E-state index in [2.05, 4.69) is 10.6 Å². The number of anilines is 2. The molecule has 0 atom stereocenters. The van der Waals surface area contributed by atoms with Crippen LogP contribution in [0.4, 0.5) is 11.4 Å². The molecule has 0 radical (unpaired) electrons. The summed E-state index contributed by atoms with van der Waals surface area (Å²) in [5, 5.41) is 7.70. The summed E-state index contributed by atoms with van der Waals surface area (Å²) in [6, 6.07) is 26.2. The van der Waals surface area contributed by atoms with Crippen LogP contribution in [0.5, 0.6) is 0 Å². The van der Waals surface area contributed by atoms with Gasteiger partial charge in [-0.1, -0.05) is 59.7 Å². The van der Waals surface area contributed by atoms with Gasteiger partial charge in [0.2, 0.25) is 0 Å². The lowest BCUT2D eigenvalue weighted by Gasteiger charge is -2.13. The zero-order valence-corrected chi connectivity index (χ0v) is 16.9. The Morgan fingerprint density at radius 1 is 0.533 bits per heavy atom. The minimum absolute atomic E-state index is 0.170. The highest BCUT2D eigenvalue weighted by Crippen LogP contribution is 2.30. The number of carbonyl (C=O) groups excluding carboxylic acids is 2. The van der Waals surface area contributed by atoms with Gasteiger partial charge in [0, 0.05) is 33.3 Å². The zero-order valence-electron chi connectivity index (χ0n) is 16.9. The Morgan fingerprint density at radius 3 is 1.27 bits per heavy atom. The van der Waals surface area contributed by atoms with Crippen LogP contribution >= 0.6 is 0 Å². The molecule has 4 nitrogen and oxygen atoms in total. The SMILES string of the molecule is Cc1ccc(C(=O)Nc2cccc3c(NC(=O)c4ccc(C)cc4)cccc23)cc1. The number of rotatable bonds is 4. The van der Waals surface area contributed by atoms with Gasteiger partial charge in [-0.05, 0) is 50.2 Å². The molecule has 4 heteroatoms. The number of nitrogens with one attached hydrogen (secondary N) is 2. The second-order valence-electron chi connectivity index (χ2n) is 7.35. The topological polar surface area (TPSA) is 58.2 Å². The van der Waals surface area contributed by atoms with Crippen LogP contribution in [0, 0.1) is 13.8 Å². The number of amides is 2. The summed E-state index contributed by atoms with van der Waals surface area (Å²) in [4.78, 5) is 25.3. The second-order valence-corrected chi connectivity index (χ2v) is 7.35. The third-order valence-electron chi connectivity index (χ3n) is 5.05. The van der Waals surface area contributed by atoms with Crippen LogP contribution < -0.4 is 10.6 Å². The van der Waals surface area contributed by atoms with Gasteiger partial charge in [0.05, 0.1) is 0 Å². The molecular formula is C26H22N2O2. The number of carbonyl (C=O) groups is 2. The molecule has 0 unspecified atom stereocenters. The van der Waals surface area contributed by atoms with Crippen molar-refractivity contribution in [3.05, 3.63) is 107 Å². The standard InChI is InChI=1S/C26H22N2O2/c1-17-9-13-19(14-10-17)25(29)27-23-7-3-6-22-21(23)5-4-8-24(22)28-26(30)20-15-11-18(2)12-16-20/h3-16H,1-2H3,(H,27,29)(H,28,30). The van der Waals surface area contributed by atoms with E-state index in [4.69, 9.17) is 0 Å². The molecule has 0 aromatic heterocycles. The van der Waals surface area contributed by atoms with Crippen LogP contribution in [0.15, 0.2) is 84.9 Å². The largest absolute Gasteiger partial charge is 0.321 e. The zero-order chi connectivity index (χ0) is 21.1. The van der Waals surface area contributed by atoms with Crippen LogP contribution in [-0.4, -0.2) is 11.8 Å². The average Bonchev–Trinajstić information content (AvgIpc) is 2.75. The van der Waals surface area contributed by atoms with Crippen LogP contribution in [0.1, 0.15) is 31.8 Å². The van der Waals surface area contributed by atoms with Gasteiger partial charge >= 0.3 is 0 Å². The monoisotopic (exact) mass is 394 g/mol. The molecule has 2 amide bonds. The van der Waals surface area contributed by atoms with E-state index in [1.807, 2.05) is 98.8 Å². The van der Waals surface area contributed by atoms with Crippen molar-refractivity contribution in [2.45, 2.75) is 13.8 Å². The molecule has 0 bridgehead atoms. The number of hydrogen-bond donors (Lipinski definition) is 2. The highest BCUT2D eigenvalue weighted by atomic mass is 16.2. The van der Waals surface area contributed by atoms with Crippen molar-refractivity contribution < 1.29 is 9.59 Å². The van der Waals surface area contributed by atoms with Gasteiger partial charge in [0.1, 0.15) is 0 Å². The predicted molar refractivity (Wildman–Crippen MR) is 122 cm³/mol. The minimum atomic E-state index is -0.170. The molecule has 0 heterocycles. The van der Waals surface area contributed by atoms with Gasteiger partial charge in [-0.3, -0.25) is 9.59 Å². The molecule has 4 rings (SSSR count). The molecule has 0 aliphatic rings. The van der Waals surface area contributed by atoms with Crippen molar-refractivity contribution in [3.8, 4) is 0 Å². The Balaban J connectivity index is 1.62. The van der Waals surface area contributed by atoms with E-state index >= 15 is 0 Å². The van der Waals surface area contributed by atoms with Crippen LogP contribution in [-0.2, 0) is 0 Å². The van der Waals surface area contributed by atoms with Crippen molar-refractivity contribution in [2.75, 3.05) is 10.6 Å². The molecule has 0 aliphatic carbocycles. The molecule has 0 fully saturated rings. The van der Waals surface area contributed by atoms with E-state index in [9.17, 15) is 9.59 Å². The lowest BCUT2D eigenvalue weighted by molar-refractivity contribution is 0.101. The average molecular weight is 394 g/mol. The van der Waals surface area contributed by atoms with E-state index in [1.54, 1.807) is 0 Å². The Hall–Kier alpha value is -3.92. The van der Waals surface area contributed by atoms with Crippen molar-refractivity contribution >= 4 is 34.0 Å². The lowest BCUT2D eigenvalue weighted by Crippen LogP contribution is -2.13. The molecule has 0 aliphatic heterocycles. The second kappa shape index (κ2) is 8.21. The number of hydrogen-bond acceptors (Lipinski definition) is 2. The fourth-order valence-corrected chi connectivity index (χ4v) is 3.33. The molecule has 0 saturated heterocycles. The number of benzene rings is 4. The van der Waals surface area contributed by atoms with Crippen LogP contribution in [0.3, 0.4) is 0 Å². The third-order valence-corrected chi connectivity index (χ3v) is 5.05. The van der Waals surface area contributed by atoms with Gasteiger partial charge < -0.3 is 10.6 Å². The quantitative estimate of drug-likeness (QED) is 0.449. The van der Waals surface area contributed by atoms with Gasteiger partial charge in [-0.25, -0.2) is 0 Å². The van der Waals surface area contributed by atoms with Crippen molar-refractivity contribution in [1.82, 2.24) is 0 Å². The van der Waals surface area contributed by atoms with Crippen LogP contribution in [0.25, 0.3) is 10.8 Å². The Morgan fingerprint density at radius 2 is 0.900 bits per heavy atom. The molecule has 4 aromatic carbocycles. The normalized spacial score (nSPS) is 10.6. The maximum Gasteiger partial charge on any atom is 0.255 e. The highest BCUT2D eigenvalue weighted by molar-refractivity contribution is 6.14. The lowest BCUT2D eigenvalue weighted by atomic mass is 10.1. The van der Waals surface area contributed by atoms with Crippen molar-refractivity contribution in [3.63, 3.8) is 0 Å². The summed E-state index contributed by atoms with van der Waals surface area (Å²) in [6.45, 7) is 3.97. The smallest absolute Gasteiger partial charge is 0.255 e. The minimum Gasteiger partial charge on any atom is -0.321 e. The first-order chi connectivity index (χ1) is 14.5. The fourth-order valence-electron chi connectivity index (χ4n) is 3.33. The molecule has 0 saturated carbocycles. The number of aryl methyl sites for hydroxylation is 2. The molecule has 4 aromatic rings. The van der Waals surface area contributed by atoms with E-state index in [-0.39, 0.29) is 11.8 Å². The Labute approximate surface area is 175 Å². The molecule has 148 valence electrons. The summed E-state index contributed by atoms with van der Waals surface area (Å²) in [6.07, 6.45) is 0. The Bertz CT molecular complexity index is 1130. The van der Waals surface area contributed by atoms with Crippen molar-refractivity contribution in [2.24, 2.45) is 0 Å². The summed E-state index contributed by atoms with van der Waals surface area (Å²) < 4.78 is 0. The first kappa shape index (κ1) is 19.4. The molecule has 0 spiro atoms. The predicted octanol–water partition coefficient (Wildman–Crippen LogP) is 5.96. The van der Waals surface area contributed by atoms with Crippen molar-refractivity contribution in [1.29, 1.82) is 0 Å². The first-order valence-electron chi connectivity index (χ1n) is 9.79. The van der Waals surface area contributed by atoms with E-state index in [1.165, 1.54) is 0 Å².